The molecule has 3 rings (SSSR count). The Kier molecular flexibility index (Phi) is 13.1. The van der Waals surface area contributed by atoms with E-state index >= 15 is 0 Å². The van der Waals surface area contributed by atoms with Crippen molar-refractivity contribution in [1.82, 2.24) is 25.1 Å². The van der Waals surface area contributed by atoms with Gasteiger partial charge in [-0.05, 0) is 13.8 Å². The number of esters is 2. The Bertz CT molecular complexity index is 734. The molecule has 0 aromatic carbocycles. The number of aromatic nitrogens is 2. The molecule has 0 aliphatic carbocycles. The molecular formula is C23H38N6O5. The minimum Gasteiger partial charge on any atom is -0.466 e. The summed E-state index contributed by atoms with van der Waals surface area (Å²) in [5, 5.41) is 3.27. The zero-order valence-corrected chi connectivity index (χ0v) is 20.4. The molecule has 190 valence electrons. The highest BCUT2D eigenvalue weighted by Crippen LogP contribution is 2.12. The molecule has 2 saturated heterocycles. The van der Waals surface area contributed by atoms with E-state index in [0.717, 1.165) is 71.3 Å². The van der Waals surface area contributed by atoms with Crippen LogP contribution in [0, 0.1) is 0 Å². The fourth-order valence-corrected chi connectivity index (χ4v) is 3.66. The molecule has 2 aliphatic rings. The van der Waals surface area contributed by atoms with Crippen LogP contribution in [-0.2, 0) is 19.1 Å². The highest BCUT2D eigenvalue weighted by Gasteiger charge is 2.19. The zero-order chi connectivity index (χ0) is 24.6. The van der Waals surface area contributed by atoms with Crippen LogP contribution in [0.1, 0.15) is 37.2 Å². The van der Waals surface area contributed by atoms with E-state index in [4.69, 9.17) is 9.47 Å². The quantitative estimate of drug-likeness (QED) is 0.367. The molecule has 1 aromatic rings. The summed E-state index contributed by atoms with van der Waals surface area (Å²) in [7, 11) is 0. The molecule has 3 heterocycles. The van der Waals surface area contributed by atoms with Crippen molar-refractivity contribution in [2.45, 2.75) is 26.7 Å². The van der Waals surface area contributed by atoms with Gasteiger partial charge in [-0.1, -0.05) is 0 Å². The van der Waals surface area contributed by atoms with Crippen LogP contribution in [0.2, 0.25) is 0 Å². The Hall–Kier alpha value is -2.63. The molecule has 1 aromatic heterocycles. The number of hydrogen-bond acceptors (Lipinski definition) is 11. The van der Waals surface area contributed by atoms with Crippen LogP contribution >= 0.6 is 0 Å². The SMILES string of the molecule is CCOC(=O)CCN1CCN(c2cnc(C=O)cn2)CC1.CCOC(=O)CCN1CCNCC1. The monoisotopic (exact) mass is 478 g/mol. The number of nitrogens with zero attached hydrogens (tertiary/aromatic N) is 5. The molecule has 2 aliphatic heterocycles. The van der Waals surface area contributed by atoms with Gasteiger partial charge in [-0.2, -0.15) is 0 Å². The van der Waals surface area contributed by atoms with E-state index in [2.05, 4.69) is 30.0 Å². The number of hydrogen-bond donors (Lipinski definition) is 1. The Labute approximate surface area is 201 Å². The predicted octanol–water partition coefficient (Wildman–Crippen LogP) is 0.209. The number of carbonyl (C=O) groups is 3. The van der Waals surface area contributed by atoms with Crippen LogP contribution in [0.25, 0.3) is 0 Å². The smallest absolute Gasteiger partial charge is 0.307 e. The van der Waals surface area contributed by atoms with E-state index in [1.807, 2.05) is 13.8 Å². The van der Waals surface area contributed by atoms with Gasteiger partial charge in [0.1, 0.15) is 11.5 Å². The lowest BCUT2D eigenvalue weighted by atomic mass is 10.3. The third kappa shape index (κ3) is 10.5. The molecule has 0 saturated carbocycles. The van der Waals surface area contributed by atoms with Crippen LogP contribution in [0.5, 0.6) is 0 Å². The predicted molar refractivity (Wildman–Crippen MR) is 128 cm³/mol. The average Bonchev–Trinajstić information content (AvgIpc) is 2.88. The molecule has 0 amide bonds. The van der Waals surface area contributed by atoms with Gasteiger partial charge in [0.2, 0.25) is 0 Å². The van der Waals surface area contributed by atoms with Crippen molar-refractivity contribution in [3.8, 4) is 0 Å². The Morgan fingerprint density at radius 2 is 1.44 bits per heavy atom. The van der Waals surface area contributed by atoms with E-state index in [1.165, 1.54) is 6.20 Å². The number of nitrogens with one attached hydrogen (secondary N) is 1. The van der Waals surface area contributed by atoms with Gasteiger partial charge in [-0.25, -0.2) is 9.97 Å². The van der Waals surface area contributed by atoms with Gasteiger partial charge in [-0.15, -0.1) is 0 Å². The van der Waals surface area contributed by atoms with Gasteiger partial charge >= 0.3 is 11.9 Å². The summed E-state index contributed by atoms with van der Waals surface area (Å²) >= 11 is 0. The zero-order valence-electron chi connectivity index (χ0n) is 20.4. The summed E-state index contributed by atoms with van der Waals surface area (Å²) in [5.74, 6) is 0.557. The van der Waals surface area contributed by atoms with Crippen LogP contribution in [-0.4, -0.2) is 117 Å². The average molecular weight is 479 g/mol. The van der Waals surface area contributed by atoms with Gasteiger partial charge in [0.25, 0.3) is 0 Å². The normalized spacial score (nSPS) is 16.8. The van der Waals surface area contributed by atoms with Gasteiger partial charge in [0.15, 0.2) is 6.29 Å². The largest absolute Gasteiger partial charge is 0.466 e. The molecule has 0 spiro atoms. The maximum atomic E-state index is 11.3. The van der Waals surface area contributed by atoms with Crippen LogP contribution in [0.3, 0.4) is 0 Å². The minimum absolute atomic E-state index is 0.0824. The second kappa shape index (κ2) is 16.1. The van der Waals surface area contributed by atoms with Crippen molar-refractivity contribution in [3.63, 3.8) is 0 Å². The lowest BCUT2D eigenvalue weighted by Crippen LogP contribution is -2.47. The minimum atomic E-state index is -0.143. The molecule has 2 fully saturated rings. The summed E-state index contributed by atoms with van der Waals surface area (Å²) in [6.45, 7) is 13.7. The van der Waals surface area contributed by atoms with Crippen molar-refractivity contribution in [1.29, 1.82) is 0 Å². The third-order valence-corrected chi connectivity index (χ3v) is 5.56. The highest BCUT2D eigenvalue weighted by molar-refractivity contribution is 5.71. The molecule has 0 bridgehead atoms. The van der Waals surface area contributed by atoms with E-state index in [9.17, 15) is 14.4 Å². The molecule has 0 unspecified atom stereocenters. The molecule has 0 atom stereocenters. The topological polar surface area (TPSA) is 117 Å². The fraction of sp³-hybridized carbons (Fsp3) is 0.696. The molecule has 11 heteroatoms. The summed E-state index contributed by atoms with van der Waals surface area (Å²) < 4.78 is 9.77. The Balaban J connectivity index is 0.000000270. The van der Waals surface area contributed by atoms with Crippen molar-refractivity contribution < 1.29 is 23.9 Å². The lowest BCUT2D eigenvalue weighted by Gasteiger charge is -2.35. The summed E-state index contributed by atoms with van der Waals surface area (Å²) in [4.78, 5) is 47.8. The van der Waals surface area contributed by atoms with E-state index in [-0.39, 0.29) is 11.9 Å². The highest BCUT2D eigenvalue weighted by atomic mass is 16.5. The van der Waals surface area contributed by atoms with Crippen molar-refractivity contribution >= 4 is 24.0 Å². The number of piperazine rings is 2. The number of rotatable bonds is 10. The molecular weight excluding hydrogens is 440 g/mol. The maximum Gasteiger partial charge on any atom is 0.307 e. The van der Waals surface area contributed by atoms with Crippen LogP contribution < -0.4 is 10.2 Å². The van der Waals surface area contributed by atoms with Gasteiger partial charge < -0.3 is 24.6 Å². The number of aldehydes is 1. The van der Waals surface area contributed by atoms with Gasteiger partial charge in [-0.3, -0.25) is 19.3 Å². The second-order valence-corrected chi connectivity index (χ2v) is 7.95. The van der Waals surface area contributed by atoms with E-state index in [1.54, 1.807) is 6.20 Å². The summed E-state index contributed by atoms with van der Waals surface area (Å²) in [5.41, 5.74) is 0.340. The molecule has 1 N–H and O–H groups in total. The fourth-order valence-electron chi connectivity index (χ4n) is 3.66. The first-order chi connectivity index (χ1) is 16.5. The summed E-state index contributed by atoms with van der Waals surface area (Å²) in [6.07, 6.45) is 4.74. The number of carbonyl (C=O) groups excluding carboxylic acids is 3. The van der Waals surface area contributed by atoms with Crippen molar-refractivity contribution in [2.24, 2.45) is 0 Å². The number of ether oxygens (including phenoxy) is 2. The van der Waals surface area contributed by atoms with E-state index < -0.39 is 0 Å². The Morgan fingerprint density at radius 3 is 1.91 bits per heavy atom. The lowest BCUT2D eigenvalue weighted by molar-refractivity contribution is -0.144. The van der Waals surface area contributed by atoms with E-state index in [0.29, 0.717) is 38.0 Å². The van der Waals surface area contributed by atoms with Gasteiger partial charge in [0, 0.05) is 65.4 Å². The molecule has 0 radical (unpaired) electrons. The molecule has 34 heavy (non-hydrogen) atoms. The van der Waals surface area contributed by atoms with Crippen LogP contribution in [0.4, 0.5) is 5.82 Å². The summed E-state index contributed by atoms with van der Waals surface area (Å²) in [6, 6.07) is 0. The maximum absolute atomic E-state index is 11.3. The first-order valence-corrected chi connectivity index (χ1v) is 12.0. The standard InChI is InChI=1S/C14H20N4O3.C9H18N2O2/c1-2-21-14(20)3-4-17-5-7-18(8-6-17)13-10-15-12(11-19)9-16-13;1-2-13-9(12)3-6-11-7-4-10-5-8-11/h9-11H,2-8H2,1H3;10H,2-8H2,1H3. The second-order valence-electron chi connectivity index (χ2n) is 7.95. The van der Waals surface area contributed by atoms with Gasteiger partial charge in [0.05, 0.1) is 38.4 Å². The number of anilines is 1. The van der Waals surface area contributed by atoms with Crippen molar-refractivity contribution in [2.75, 3.05) is 83.6 Å². The Morgan fingerprint density at radius 1 is 0.882 bits per heavy atom. The molecule has 11 nitrogen and oxygen atoms in total. The van der Waals surface area contributed by atoms with Crippen LogP contribution in [0.15, 0.2) is 12.4 Å². The third-order valence-electron chi connectivity index (χ3n) is 5.56. The first-order valence-electron chi connectivity index (χ1n) is 12.0. The first kappa shape index (κ1) is 27.6. The van der Waals surface area contributed by atoms with Crippen molar-refractivity contribution in [3.05, 3.63) is 18.1 Å².